The van der Waals surface area contributed by atoms with Crippen molar-refractivity contribution in [2.75, 3.05) is 0 Å². The van der Waals surface area contributed by atoms with Crippen LogP contribution in [0.2, 0.25) is 0 Å². The maximum Gasteiger partial charge on any atom is 0.195 e. The van der Waals surface area contributed by atoms with E-state index in [1.807, 2.05) is 27.0 Å². The van der Waals surface area contributed by atoms with Gasteiger partial charge in [0.25, 0.3) is 0 Å². The second kappa shape index (κ2) is 2.01. The van der Waals surface area contributed by atoms with Gasteiger partial charge in [0.05, 0.1) is 5.54 Å². The summed E-state index contributed by atoms with van der Waals surface area (Å²) in [6, 6.07) is 0. The number of nitrogens with zero attached hydrogens (tertiary/aromatic N) is 2. The summed E-state index contributed by atoms with van der Waals surface area (Å²) in [4.78, 5) is 0. The Morgan fingerprint density at radius 3 is 1.88 bits per heavy atom. The Morgan fingerprint density at radius 1 is 1.50 bits per heavy atom. The Hall–Kier alpha value is -0.750. The molecule has 0 aliphatic carbocycles. The van der Waals surface area contributed by atoms with E-state index < -0.39 is 0 Å². The van der Waals surface area contributed by atoms with Gasteiger partial charge in [-0.25, -0.2) is 10.9 Å². The third kappa shape index (κ3) is 1.80. The van der Waals surface area contributed by atoms with E-state index >= 15 is 0 Å². The van der Waals surface area contributed by atoms with Gasteiger partial charge in [-0.2, -0.15) is 5.26 Å². The predicted octanol–water partition coefficient (Wildman–Crippen LogP) is 0.442. The SMILES string of the molecule is CC(C)(C)N(N)C#N. The molecule has 3 nitrogen and oxygen atoms in total. The smallest absolute Gasteiger partial charge is 0.195 e. The number of nitriles is 1. The number of hydrazine groups is 1. The summed E-state index contributed by atoms with van der Waals surface area (Å²) in [7, 11) is 0. The zero-order valence-electron chi connectivity index (χ0n) is 5.47. The van der Waals surface area contributed by atoms with Crippen LogP contribution < -0.4 is 5.84 Å². The van der Waals surface area contributed by atoms with Gasteiger partial charge in [-0.05, 0) is 20.8 Å². The van der Waals surface area contributed by atoms with E-state index in [1.54, 1.807) is 0 Å². The number of nitrogens with two attached hydrogens (primary N) is 1. The lowest BCUT2D eigenvalue weighted by Crippen LogP contribution is -2.42. The Kier molecular flexibility index (Phi) is 1.82. The van der Waals surface area contributed by atoms with Crippen molar-refractivity contribution in [3.8, 4) is 6.19 Å². The second-order valence-corrected chi connectivity index (χ2v) is 2.64. The first kappa shape index (κ1) is 7.25. The quantitative estimate of drug-likeness (QED) is 0.215. The minimum atomic E-state index is -0.241. The van der Waals surface area contributed by atoms with Crippen molar-refractivity contribution in [2.24, 2.45) is 5.84 Å². The lowest BCUT2D eigenvalue weighted by Gasteiger charge is -2.24. The van der Waals surface area contributed by atoms with Crippen molar-refractivity contribution in [1.82, 2.24) is 5.01 Å². The molecule has 0 spiro atoms. The fraction of sp³-hybridized carbons (Fsp3) is 0.800. The third-order valence-electron chi connectivity index (χ3n) is 0.830. The topological polar surface area (TPSA) is 53.0 Å². The maximum atomic E-state index is 8.22. The lowest BCUT2D eigenvalue weighted by molar-refractivity contribution is 0.223. The van der Waals surface area contributed by atoms with Crippen LogP contribution in [0, 0.1) is 11.5 Å². The van der Waals surface area contributed by atoms with Crippen LogP contribution in [0.25, 0.3) is 0 Å². The van der Waals surface area contributed by atoms with Gasteiger partial charge >= 0.3 is 0 Å². The first-order valence-electron chi connectivity index (χ1n) is 2.43. The maximum absolute atomic E-state index is 8.22. The van der Waals surface area contributed by atoms with Gasteiger partial charge < -0.3 is 0 Å². The molecule has 0 bridgehead atoms. The summed E-state index contributed by atoms with van der Waals surface area (Å²) in [5, 5.41) is 9.34. The molecule has 0 aliphatic heterocycles. The van der Waals surface area contributed by atoms with Crippen LogP contribution in [-0.4, -0.2) is 10.5 Å². The van der Waals surface area contributed by atoms with Gasteiger partial charge in [0.2, 0.25) is 0 Å². The largest absolute Gasteiger partial charge is 0.242 e. The molecule has 0 aromatic heterocycles. The Bertz CT molecular complexity index is 106. The summed E-state index contributed by atoms with van der Waals surface area (Å²) in [6.07, 6.45) is 1.82. The molecule has 0 atom stereocenters. The van der Waals surface area contributed by atoms with E-state index in [2.05, 4.69) is 0 Å². The van der Waals surface area contributed by atoms with E-state index in [4.69, 9.17) is 11.1 Å². The minimum absolute atomic E-state index is 0.241. The van der Waals surface area contributed by atoms with Gasteiger partial charge in [-0.1, -0.05) is 0 Å². The summed E-state index contributed by atoms with van der Waals surface area (Å²) in [5.74, 6) is 5.22. The summed E-state index contributed by atoms with van der Waals surface area (Å²) >= 11 is 0. The van der Waals surface area contributed by atoms with Gasteiger partial charge in [0.1, 0.15) is 0 Å². The number of hydrogen-bond acceptors (Lipinski definition) is 3. The first-order chi connectivity index (χ1) is 3.48. The first-order valence-corrected chi connectivity index (χ1v) is 2.43. The minimum Gasteiger partial charge on any atom is -0.242 e. The molecule has 0 radical (unpaired) electrons. The normalized spacial score (nSPS) is 10.4. The molecule has 0 saturated carbocycles. The number of hydrogen-bond donors (Lipinski definition) is 1. The molecule has 0 unspecified atom stereocenters. The zero-order valence-corrected chi connectivity index (χ0v) is 5.47. The molecular weight excluding hydrogens is 102 g/mol. The van der Waals surface area contributed by atoms with E-state index in [0.717, 1.165) is 5.01 Å². The Balaban J connectivity index is 3.87. The van der Waals surface area contributed by atoms with Crippen LogP contribution in [-0.2, 0) is 0 Å². The number of rotatable bonds is 0. The Morgan fingerprint density at radius 2 is 1.88 bits per heavy atom. The highest BCUT2D eigenvalue weighted by Crippen LogP contribution is 2.05. The molecule has 0 amide bonds. The second-order valence-electron chi connectivity index (χ2n) is 2.64. The van der Waals surface area contributed by atoms with Crippen molar-refractivity contribution in [3.63, 3.8) is 0 Å². The van der Waals surface area contributed by atoms with Crippen LogP contribution in [0.5, 0.6) is 0 Å². The molecule has 3 heteroatoms. The van der Waals surface area contributed by atoms with Gasteiger partial charge in [-0.3, -0.25) is 0 Å². The zero-order chi connectivity index (χ0) is 6.78. The van der Waals surface area contributed by atoms with Crippen molar-refractivity contribution < 1.29 is 0 Å². The monoisotopic (exact) mass is 113 g/mol. The van der Waals surface area contributed by atoms with Crippen molar-refractivity contribution in [1.29, 1.82) is 5.26 Å². The molecule has 0 aromatic rings. The summed E-state index contributed by atoms with van der Waals surface area (Å²) in [6.45, 7) is 5.61. The van der Waals surface area contributed by atoms with Gasteiger partial charge in [0, 0.05) is 0 Å². The average Bonchev–Trinajstić information content (AvgIpc) is 1.62. The molecule has 0 aliphatic rings. The molecule has 0 aromatic carbocycles. The van der Waals surface area contributed by atoms with Crippen molar-refractivity contribution >= 4 is 0 Å². The van der Waals surface area contributed by atoms with Crippen LogP contribution in [0.15, 0.2) is 0 Å². The van der Waals surface area contributed by atoms with Crippen molar-refractivity contribution in [3.05, 3.63) is 0 Å². The molecule has 0 heterocycles. The highest BCUT2D eigenvalue weighted by atomic mass is 15.4. The standard InChI is InChI=1S/C5H11N3/c1-5(2,3)8(7)4-6/h7H2,1-3H3. The highest BCUT2D eigenvalue weighted by molar-refractivity contribution is 4.80. The summed E-state index contributed by atoms with van der Waals surface area (Å²) in [5.41, 5.74) is -0.241. The molecule has 0 saturated heterocycles. The van der Waals surface area contributed by atoms with E-state index in [0.29, 0.717) is 0 Å². The van der Waals surface area contributed by atoms with Gasteiger partial charge in [0.15, 0.2) is 6.19 Å². The van der Waals surface area contributed by atoms with Crippen molar-refractivity contribution in [2.45, 2.75) is 26.3 Å². The van der Waals surface area contributed by atoms with Gasteiger partial charge in [-0.15, -0.1) is 0 Å². The van der Waals surface area contributed by atoms with Crippen LogP contribution >= 0.6 is 0 Å². The predicted molar refractivity (Wildman–Crippen MR) is 31.4 cm³/mol. The highest BCUT2D eigenvalue weighted by Gasteiger charge is 2.15. The molecule has 0 rings (SSSR count). The third-order valence-corrected chi connectivity index (χ3v) is 0.830. The van der Waals surface area contributed by atoms with E-state index in [1.165, 1.54) is 0 Å². The molecule has 0 fully saturated rings. The average molecular weight is 113 g/mol. The molecule has 8 heavy (non-hydrogen) atoms. The Labute approximate surface area is 49.7 Å². The molecule has 2 N–H and O–H groups in total. The molecular formula is C5H11N3. The fourth-order valence-electron chi connectivity index (χ4n) is 0.150. The lowest BCUT2D eigenvalue weighted by atomic mass is 10.1. The fourth-order valence-corrected chi connectivity index (χ4v) is 0.150. The van der Waals surface area contributed by atoms with Crippen LogP contribution in [0.1, 0.15) is 20.8 Å². The van der Waals surface area contributed by atoms with Crippen LogP contribution in [0.4, 0.5) is 0 Å². The summed E-state index contributed by atoms with van der Waals surface area (Å²) < 4.78 is 0. The van der Waals surface area contributed by atoms with E-state index in [9.17, 15) is 0 Å². The molecule has 46 valence electrons. The van der Waals surface area contributed by atoms with Crippen LogP contribution in [0.3, 0.4) is 0 Å². The van der Waals surface area contributed by atoms with E-state index in [-0.39, 0.29) is 5.54 Å².